The second-order valence-corrected chi connectivity index (χ2v) is 5.29. The molecule has 1 aromatic carbocycles. The van der Waals surface area contributed by atoms with Crippen LogP contribution in [-0.4, -0.2) is 35.0 Å². The van der Waals surface area contributed by atoms with Crippen LogP contribution in [0.2, 0.25) is 0 Å². The van der Waals surface area contributed by atoms with Crippen molar-refractivity contribution in [3.8, 4) is 0 Å². The van der Waals surface area contributed by atoms with Gasteiger partial charge in [-0.1, -0.05) is 12.1 Å². The highest BCUT2D eigenvalue weighted by molar-refractivity contribution is 5.94. The molecule has 106 valence electrons. The molecule has 20 heavy (non-hydrogen) atoms. The topological polar surface area (TPSA) is 57.6 Å². The van der Waals surface area contributed by atoms with Crippen molar-refractivity contribution >= 4 is 18.0 Å². The lowest BCUT2D eigenvalue weighted by molar-refractivity contribution is -0.131. The van der Waals surface area contributed by atoms with Gasteiger partial charge in [0.1, 0.15) is 0 Å². The van der Waals surface area contributed by atoms with Crippen molar-refractivity contribution in [1.82, 2.24) is 4.90 Å². The summed E-state index contributed by atoms with van der Waals surface area (Å²) in [5.41, 5.74) is 1.40. The highest BCUT2D eigenvalue weighted by Gasteiger charge is 2.32. The molecule has 4 heteroatoms. The van der Waals surface area contributed by atoms with E-state index in [4.69, 9.17) is 5.11 Å². The molecule has 0 spiro atoms. The third-order valence-electron chi connectivity index (χ3n) is 3.81. The molecule has 1 aliphatic rings. The maximum atomic E-state index is 12.3. The van der Waals surface area contributed by atoms with E-state index in [1.165, 1.54) is 18.9 Å². The first kappa shape index (κ1) is 14.3. The smallest absolute Gasteiger partial charge is 0.328 e. The summed E-state index contributed by atoms with van der Waals surface area (Å²) in [6.07, 6.45) is 5.00. The second kappa shape index (κ2) is 5.90. The molecule has 2 rings (SSSR count). The molecule has 0 aliphatic heterocycles. The molecule has 0 aromatic heterocycles. The van der Waals surface area contributed by atoms with E-state index in [1.54, 1.807) is 29.2 Å². The van der Waals surface area contributed by atoms with E-state index in [2.05, 4.69) is 6.92 Å². The van der Waals surface area contributed by atoms with Gasteiger partial charge in [0.2, 0.25) is 0 Å². The zero-order valence-electron chi connectivity index (χ0n) is 11.7. The maximum Gasteiger partial charge on any atom is 0.328 e. The highest BCUT2D eigenvalue weighted by Crippen LogP contribution is 2.35. The fraction of sp³-hybridized carbons (Fsp3) is 0.375. The predicted molar refractivity (Wildman–Crippen MR) is 77.4 cm³/mol. The second-order valence-electron chi connectivity index (χ2n) is 5.29. The minimum absolute atomic E-state index is 0.0122. The molecule has 1 fully saturated rings. The SMILES string of the molecule is CC(C1CC1)N(C)C(=O)c1ccc(C=CC(=O)O)cc1. The Morgan fingerprint density at radius 1 is 1.30 bits per heavy atom. The van der Waals surface area contributed by atoms with Gasteiger partial charge in [-0.25, -0.2) is 4.79 Å². The molecule has 1 aromatic rings. The molecule has 0 radical (unpaired) electrons. The van der Waals surface area contributed by atoms with Gasteiger partial charge in [0.15, 0.2) is 0 Å². The molecule has 1 N–H and O–H groups in total. The van der Waals surface area contributed by atoms with Crippen LogP contribution in [0.5, 0.6) is 0 Å². The minimum atomic E-state index is -0.983. The first-order valence-corrected chi connectivity index (χ1v) is 6.77. The van der Waals surface area contributed by atoms with Crippen molar-refractivity contribution in [2.75, 3.05) is 7.05 Å². The van der Waals surface area contributed by atoms with Gasteiger partial charge in [-0.2, -0.15) is 0 Å². The predicted octanol–water partition coefficient (Wildman–Crippen LogP) is 2.65. The summed E-state index contributed by atoms with van der Waals surface area (Å²) in [5.74, 6) is -0.331. The van der Waals surface area contributed by atoms with Gasteiger partial charge in [0, 0.05) is 24.7 Å². The molecule has 4 nitrogen and oxygen atoms in total. The Hall–Kier alpha value is -2.10. The van der Waals surface area contributed by atoms with Gasteiger partial charge in [0.05, 0.1) is 0 Å². The number of amides is 1. The summed E-state index contributed by atoms with van der Waals surface area (Å²) in [7, 11) is 1.84. The summed E-state index contributed by atoms with van der Waals surface area (Å²) in [5, 5.41) is 8.56. The fourth-order valence-electron chi connectivity index (χ4n) is 2.19. The summed E-state index contributed by atoms with van der Waals surface area (Å²) >= 11 is 0. The molecule has 1 atom stereocenters. The highest BCUT2D eigenvalue weighted by atomic mass is 16.4. The van der Waals surface area contributed by atoms with Gasteiger partial charge in [0.25, 0.3) is 5.91 Å². The Kier molecular flexibility index (Phi) is 4.23. The van der Waals surface area contributed by atoms with E-state index < -0.39 is 5.97 Å². The molecular formula is C16H19NO3. The lowest BCUT2D eigenvalue weighted by Gasteiger charge is -2.25. The van der Waals surface area contributed by atoms with Crippen LogP contribution in [0.3, 0.4) is 0 Å². The zero-order chi connectivity index (χ0) is 14.7. The van der Waals surface area contributed by atoms with Crippen LogP contribution >= 0.6 is 0 Å². The Labute approximate surface area is 118 Å². The van der Waals surface area contributed by atoms with Crippen molar-refractivity contribution in [2.24, 2.45) is 5.92 Å². The Morgan fingerprint density at radius 2 is 1.90 bits per heavy atom. The van der Waals surface area contributed by atoms with Crippen molar-refractivity contribution in [1.29, 1.82) is 0 Å². The maximum absolute atomic E-state index is 12.3. The monoisotopic (exact) mass is 273 g/mol. The van der Waals surface area contributed by atoms with Gasteiger partial charge in [-0.15, -0.1) is 0 Å². The van der Waals surface area contributed by atoms with Gasteiger partial charge < -0.3 is 10.0 Å². The lowest BCUT2D eigenvalue weighted by Crippen LogP contribution is -2.36. The minimum Gasteiger partial charge on any atom is -0.478 e. The number of carbonyl (C=O) groups excluding carboxylic acids is 1. The third kappa shape index (κ3) is 3.47. The number of hydrogen-bond acceptors (Lipinski definition) is 2. The van der Waals surface area contributed by atoms with E-state index in [-0.39, 0.29) is 11.9 Å². The van der Waals surface area contributed by atoms with Crippen LogP contribution in [0.4, 0.5) is 0 Å². The quantitative estimate of drug-likeness (QED) is 0.839. The van der Waals surface area contributed by atoms with E-state index >= 15 is 0 Å². The molecular weight excluding hydrogens is 254 g/mol. The van der Waals surface area contributed by atoms with Crippen molar-refractivity contribution in [3.63, 3.8) is 0 Å². The Bertz CT molecular complexity index is 529. The van der Waals surface area contributed by atoms with Crippen molar-refractivity contribution in [3.05, 3.63) is 41.5 Å². The number of benzene rings is 1. The summed E-state index contributed by atoms with van der Waals surface area (Å²) in [6, 6.07) is 7.25. The Balaban J connectivity index is 2.05. The molecule has 1 saturated carbocycles. The molecule has 0 saturated heterocycles. The van der Waals surface area contributed by atoms with Crippen LogP contribution < -0.4 is 0 Å². The van der Waals surface area contributed by atoms with Crippen LogP contribution in [0.15, 0.2) is 30.3 Å². The summed E-state index contributed by atoms with van der Waals surface area (Å²) in [4.78, 5) is 24.5. The molecule has 1 aliphatic carbocycles. The molecule has 0 bridgehead atoms. The van der Waals surface area contributed by atoms with Crippen LogP contribution in [0.25, 0.3) is 6.08 Å². The largest absolute Gasteiger partial charge is 0.478 e. The van der Waals surface area contributed by atoms with Gasteiger partial charge >= 0.3 is 5.97 Å². The number of nitrogens with zero attached hydrogens (tertiary/aromatic N) is 1. The van der Waals surface area contributed by atoms with Crippen molar-refractivity contribution < 1.29 is 14.7 Å². The van der Waals surface area contributed by atoms with Crippen LogP contribution in [0.1, 0.15) is 35.7 Å². The first-order chi connectivity index (χ1) is 9.49. The molecule has 0 heterocycles. The number of hydrogen-bond donors (Lipinski definition) is 1. The van der Waals surface area contributed by atoms with Crippen LogP contribution in [0, 0.1) is 5.92 Å². The Morgan fingerprint density at radius 3 is 2.40 bits per heavy atom. The molecule has 1 unspecified atom stereocenters. The van der Waals surface area contributed by atoms with E-state index in [0.717, 1.165) is 11.6 Å². The normalized spacial score (nSPS) is 16.1. The number of carboxylic acid groups (broad SMARTS) is 1. The first-order valence-electron chi connectivity index (χ1n) is 6.77. The average Bonchev–Trinajstić information content (AvgIpc) is 3.28. The fourth-order valence-corrected chi connectivity index (χ4v) is 2.19. The number of aliphatic carboxylic acids is 1. The van der Waals surface area contributed by atoms with E-state index in [9.17, 15) is 9.59 Å². The van der Waals surface area contributed by atoms with E-state index in [0.29, 0.717) is 11.5 Å². The number of carbonyl (C=O) groups is 2. The summed E-state index contributed by atoms with van der Waals surface area (Å²) < 4.78 is 0. The third-order valence-corrected chi connectivity index (χ3v) is 3.81. The average molecular weight is 273 g/mol. The van der Waals surface area contributed by atoms with Crippen molar-refractivity contribution in [2.45, 2.75) is 25.8 Å². The molecule has 1 amide bonds. The lowest BCUT2D eigenvalue weighted by atomic mass is 10.1. The summed E-state index contributed by atoms with van der Waals surface area (Å²) in [6.45, 7) is 2.08. The van der Waals surface area contributed by atoms with Gasteiger partial charge in [-0.05, 0) is 49.5 Å². The van der Waals surface area contributed by atoms with Crippen LogP contribution in [-0.2, 0) is 4.79 Å². The number of rotatable bonds is 5. The number of carboxylic acids is 1. The van der Waals surface area contributed by atoms with Gasteiger partial charge in [-0.3, -0.25) is 4.79 Å². The zero-order valence-corrected chi connectivity index (χ0v) is 11.7. The standard InChI is InChI=1S/C16H19NO3/c1-11(13-8-9-13)17(2)16(20)14-6-3-12(4-7-14)5-10-15(18)19/h3-7,10-11,13H,8-9H2,1-2H3,(H,18,19). The van der Waals surface area contributed by atoms with E-state index in [1.807, 2.05) is 7.05 Å².